The molecule has 2 aromatic carbocycles. The highest BCUT2D eigenvalue weighted by atomic mass is 16.1. The van der Waals surface area contributed by atoms with Gasteiger partial charge in [-0.1, -0.05) is 24.3 Å². The summed E-state index contributed by atoms with van der Waals surface area (Å²) in [4.78, 5) is 31.3. The number of carbonyl (C=O) groups is 2. The number of hydrogen-bond donors (Lipinski definition) is 0. The normalized spacial score (nSPS) is 19.3. The molecule has 0 aromatic heterocycles. The Labute approximate surface area is 159 Å². The second-order valence-electron chi connectivity index (χ2n) is 7.83. The van der Waals surface area contributed by atoms with Crippen LogP contribution in [0.15, 0.2) is 36.4 Å². The summed E-state index contributed by atoms with van der Waals surface area (Å²) in [7, 11) is 0. The maximum Gasteiger partial charge on any atom is 0.196 e. The molecular formula is C23H24N2O2. The maximum atomic E-state index is 13.4. The number of piperidine rings is 1. The molecule has 0 radical (unpaired) electrons. The van der Waals surface area contributed by atoms with Crippen molar-refractivity contribution in [1.82, 2.24) is 0 Å². The van der Waals surface area contributed by atoms with E-state index in [1.807, 2.05) is 18.2 Å². The number of fused-ring (bicyclic) bond motifs is 2. The molecule has 4 nitrogen and oxygen atoms in total. The van der Waals surface area contributed by atoms with E-state index in [0.717, 1.165) is 50.4 Å². The third-order valence-corrected chi connectivity index (χ3v) is 6.16. The molecule has 0 amide bonds. The van der Waals surface area contributed by atoms with Crippen LogP contribution < -0.4 is 9.80 Å². The minimum Gasteiger partial charge on any atom is -0.371 e. The van der Waals surface area contributed by atoms with Crippen LogP contribution in [-0.2, 0) is 0 Å². The van der Waals surface area contributed by atoms with Crippen molar-refractivity contribution in [2.45, 2.75) is 32.1 Å². The summed E-state index contributed by atoms with van der Waals surface area (Å²) < 4.78 is 0. The predicted molar refractivity (Wildman–Crippen MR) is 107 cm³/mol. The van der Waals surface area contributed by atoms with Gasteiger partial charge in [-0.2, -0.15) is 0 Å². The van der Waals surface area contributed by atoms with E-state index in [0.29, 0.717) is 22.3 Å². The Kier molecular flexibility index (Phi) is 4.00. The van der Waals surface area contributed by atoms with Crippen molar-refractivity contribution in [2.75, 3.05) is 36.0 Å². The van der Waals surface area contributed by atoms with Crippen molar-refractivity contribution in [2.24, 2.45) is 0 Å². The van der Waals surface area contributed by atoms with Gasteiger partial charge in [-0.15, -0.1) is 0 Å². The zero-order valence-corrected chi connectivity index (χ0v) is 15.5. The molecule has 0 saturated carbocycles. The van der Waals surface area contributed by atoms with Crippen LogP contribution >= 0.6 is 0 Å². The monoisotopic (exact) mass is 360 g/mol. The Morgan fingerprint density at radius 2 is 1.22 bits per heavy atom. The highest BCUT2D eigenvalue weighted by Crippen LogP contribution is 2.38. The highest BCUT2D eigenvalue weighted by molar-refractivity contribution is 6.30. The summed E-state index contributed by atoms with van der Waals surface area (Å²) in [5.41, 5.74) is 4.34. The number of anilines is 2. The molecular weight excluding hydrogens is 336 g/mol. The van der Waals surface area contributed by atoms with Gasteiger partial charge in [0.2, 0.25) is 0 Å². The quantitative estimate of drug-likeness (QED) is 0.691. The van der Waals surface area contributed by atoms with Crippen molar-refractivity contribution >= 4 is 22.9 Å². The van der Waals surface area contributed by atoms with Crippen LogP contribution in [0, 0.1) is 0 Å². The van der Waals surface area contributed by atoms with Gasteiger partial charge in [0.15, 0.2) is 11.6 Å². The lowest BCUT2D eigenvalue weighted by Gasteiger charge is -2.33. The second kappa shape index (κ2) is 6.52. The molecule has 0 spiro atoms. The molecule has 2 fully saturated rings. The Morgan fingerprint density at radius 1 is 0.630 bits per heavy atom. The topological polar surface area (TPSA) is 40.6 Å². The van der Waals surface area contributed by atoms with Crippen LogP contribution in [0.25, 0.3) is 0 Å². The largest absolute Gasteiger partial charge is 0.371 e. The van der Waals surface area contributed by atoms with Gasteiger partial charge in [0.05, 0.1) is 11.3 Å². The van der Waals surface area contributed by atoms with E-state index in [2.05, 4.69) is 15.9 Å². The van der Waals surface area contributed by atoms with Crippen LogP contribution in [0.4, 0.5) is 11.4 Å². The van der Waals surface area contributed by atoms with E-state index in [1.165, 1.54) is 19.3 Å². The molecule has 3 aliphatic rings. The molecule has 0 unspecified atom stereocenters. The zero-order valence-electron chi connectivity index (χ0n) is 15.5. The number of benzene rings is 2. The van der Waals surface area contributed by atoms with Crippen LogP contribution in [0.3, 0.4) is 0 Å². The van der Waals surface area contributed by atoms with Crippen LogP contribution in [0.2, 0.25) is 0 Å². The van der Waals surface area contributed by atoms with Crippen molar-refractivity contribution < 1.29 is 9.59 Å². The van der Waals surface area contributed by atoms with E-state index in [-0.39, 0.29) is 11.6 Å². The van der Waals surface area contributed by atoms with Crippen molar-refractivity contribution in [3.63, 3.8) is 0 Å². The lowest BCUT2D eigenvalue weighted by Crippen LogP contribution is -2.33. The molecule has 138 valence electrons. The molecule has 1 aliphatic carbocycles. The summed E-state index contributed by atoms with van der Waals surface area (Å²) >= 11 is 0. The van der Waals surface area contributed by atoms with Gasteiger partial charge < -0.3 is 9.80 Å². The fourth-order valence-corrected chi connectivity index (χ4v) is 4.73. The first-order valence-corrected chi connectivity index (χ1v) is 10.1. The highest BCUT2D eigenvalue weighted by Gasteiger charge is 2.34. The van der Waals surface area contributed by atoms with Crippen LogP contribution in [-0.4, -0.2) is 37.7 Å². The smallest absolute Gasteiger partial charge is 0.196 e. The van der Waals surface area contributed by atoms with Crippen LogP contribution in [0.1, 0.15) is 63.9 Å². The number of nitrogens with zero attached hydrogens (tertiary/aromatic N) is 2. The summed E-state index contributed by atoms with van der Waals surface area (Å²) in [5.74, 6) is -0.0201. The lowest BCUT2D eigenvalue weighted by molar-refractivity contribution is 0.0979. The summed E-state index contributed by atoms with van der Waals surface area (Å²) in [6.45, 7) is 3.96. The Hall–Kier alpha value is -2.62. The van der Waals surface area contributed by atoms with Crippen molar-refractivity contribution in [3.05, 3.63) is 58.7 Å². The first-order chi connectivity index (χ1) is 13.2. The van der Waals surface area contributed by atoms with Crippen molar-refractivity contribution in [1.29, 1.82) is 0 Å². The Bertz CT molecular complexity index is 922. The summed E-state index contributed by atoms with van der Waals surface area (Å²) in [5, 5.41) is 0. The van der Waals surface area contributed by atoms with Gasteiger partial charge in [0.25, 0.3) is 0 Å². The minimum absolute atomic E-state index is 0.00579. The standard InChI is InChI=1S/C23H24N2O2/c26-22-17-8-2-3-9-18(17)23(27)21-19(22)14-16(24-10-6-7-11-24)15-20(21)25-12-4-1-5-13-25/h2-3,8-9,14-15H,1,4-7,10-13H2. The molecule has 5 rings (SSSR count). The molecule has 2 heterocycles. The third kappa shape index (κ3) is 2.66. The van der Waals surface area contributed by atoms with Crippen molar-refractivity contribution in [3.8, 4) is 0 Å². The lowest BCUT2D eigenvalue weighted by atomic mass is 9.82. The van der Waals surface area contributed by atoms with E-state index in [4.69, 9.17) is 0 Å². The van der Waals surface area contributed by atoms with E-state index >= 15 is 0 Å². The van der Waals surface area contributed by atoms with Gasteiger partial charge in [-0.25, -0.2) is 0 Å². The second-order valence-corrected chi connectivity index (χ2v) is 7.83. The average Bonchev–Trinajstić information content (AvgIpc) is 3.27. The van der Waals surface area contributed by atoms with Gasteiger partial charge in [-0.05, 0) is 44.2 Å². The fraction of sp³-hybridized carbons (Fsp3) is 0.391. The Balaban J connectivity index is 1.70. The first kappa shape index (κ1) is 16.5. The van der Waals surface area contributed by atoms with E-state index in [1.54, 1.807) is 12.1 Å². The fourth-order valence-electron chi connectivity index (χ4n) is 4.73. The Morgan fingerprint density at radius 3 is 1.93 bits per heavy atom. The number of ketones is 2. The predicted octanol–water partition coefficient (Wildman–Crippen LogP) is 4.05. The van der Waals surface area contributed by atoms with Gasteiger partial charge in [-0.3, -0.25) is 9.59 Å². The molecule has 0 bridgehead atoms. The number of carbonyl (C=O) groups excluding carboxylic acids is 2. The molecule has 2 aliphatic heterocycles. The molecule has 27 heavy (non-hydrogen) atoms. The van der Waals surface area contributed by atoms with Gasteiger partial charge in [0, 0.05) is 48.6 Å². The van der Waals surface area contributed by atoms with E-state index in [9.17, 15) is 9.59 Å². The molecule has 2 saturated heterocycles. The maximum absolute atomic E-state index is 13.4. The first-order valence-electron chi connectivity index (χ1n) is 10.1. The average molecular weight is 360 g/mol. The zero-order chi connectivity index (χ0) is 18.4. The van der Waals surface area contributed by atoms with Gasteiger partial charge >= 0.3 is 0 Å². The third-order valence-electron chi connectivity index (χ3n) is 6.16. The molecule has 0 atom stereocenters. The minimum atomic E-state index is -0.0143. The van der Waals surface area contributed by atoms with Crippen LogP contribution in [0.5, 0.6) is 0 Å². The van der Waals surface area contributed by atoms with Gasteiger partial charge in [0.1, 0.15) is 0 Å². The molecule has 4 heteroatoms. The summed E-state index contributed by atoms with van der Waals surface area (Å²) in [6.07, 6.45) is 5.89. The van der Waals surface area contributed by atoms with E-state index < -0.39 is 0 Å². The number of rotatable bonds is 2. The molecule has 2 aromatic rings. The SMILES string of the molecule is O=C1c2ccccc2C(=O)c2c1cc(N1CCCC1)cc2N1CCCCC1. The number of hydrogen-bond acceptors (Lipinski definition) is 4. The summed E-state index contributed by atoms with van der Waals surface area (Å²) in [6, 6.07) is 11.4. The molecule has 0 N–H and O–H groups in total.